The molecule has 0 saturated carbocycles. The fourth-order valence-corrected chi connectivity index (χ4v) is 1.07. The fourth-order valence-electron chi connectivity index (χ4n) is 1.07. The van der Waals surface area contributed by atoms with Crippen molar-refractivity contribution in [3.05, 3.63) is 17.6 Å². The summed E-state index contributed by atoms with van der Waals surface area (Å²) in [6, 6.07) is 1.58. The third-order valence-corrected chi connectivity index (χ3v) is 1.70. The van der Waals surface area contributed by atoms with Gasteiger partial charge in [-0.1, -0.05) is 6.92 Å². The van der Waals surface area contributed by atoms with E-state index in [4.69, 9.17) is 15.9 Å². The van der Waals surface area contributed by atoms with Gasteiger partial charge in [-0.05, 0) is 13.8 Å². The predicted octanol–water partition coefficient (Wildman–Crippen LogP) is 1.11. The minimum absolute atomic E-state index is 0.0458. The van der Waals surface area contributed by atoms with Crippen molar-refractivity contribution in [3.63, 3.8) is 0 Å². The Morgan fingerprint density at radius 1 is 1.53 bits per heavy atom. The van der Waals surface area contributed by atoms with E-state index in [0.717, 1.165) is 0 Å². The number of hydrogen-bond donors (Lipinski definition) is 2. The SMILES string of the molecule is CCc1nc(OC(C)C)cc(C(=N)N)n1. The first kappa shape index (κ1) is 11.4. The number of hydrogen-bond acceptors (Lipinski definition) is 4. The zero-order valence-corrected chi connectivity index (χ0v) is 9.24. The lowest BCUT2D eigenvalue weighted by atomic mass is 10.3. The number of ether oxygens (including phenoxy) is 1. The lowest BCUT2D eigenvalue weighted by Gasteiger charge is -2.10. The molecule has 0 aliphatic heterocycles. The van der Waals surface area contributed by atoms with E-state index in [1.165, 1.54) is 0 Å². The van der Waals surface area contributed by atoms with E-state index in [1.807, 2.05) is 20.8 Å². The molecule has 0 spiro atoms. The molecule has 82 valence electrons. The van der Waals surface area contributed by atoms with Crippen molar-refractivity contribution in [2.45, 2.75) is 33.3 Å². The minimum atomic E-state index is -0.0688. The monoisotopic (exact) mass is 208 g/mol. The molecule has 0 atom stereocenters. The molecule has 1 rings (SSSR count). The van der Waals surface area contributed by atoms with E-state index in [1.54, 1.807) is 6.07 Å². The van der Waals surface area contributed by atoms with Crippen LogP contribution in [0.15, 0.2) is 6.07 Å². The molecular formula is C10H16N4O. The van der Waals surface area contributed by atoms with Crippen LogP contribution >= 0.6 is 0 Å². The van der Waals surface area contributed by atoms with Gasteiger partial charge >= 0.3 is 0 Å². The highest BCUT2D eigenvalue weighted by Gasteiger charge is 2.07. The van der Waals surface area contributed by atoms with Crippen LogP contribution in [0.3, 0.4) is 0 Å². The van der Waals surface area contributed by atoms with Gasteiger partial charge in [0.1, 0.15) is 17.4 Å². The Morgan fingerprint density at radius 3 is 2.67 bits per heavy atom. The summed E-state index contributed by atoms with van der Waals surface area (Å²) < 4.78 is 5.44. The van der Waals surface area contributed by atoms with Gasteiger partial charge in [0.2, 0.25) is 5.88 Å². The molecule has 5 heteroatoms. The molecule has 0 unspecified atom stereocenters. The molecule has 15 heavy (non-hydrogen) atoms. The molecule has 0 amide bonds. The number of nitrogens with two attached hydrogens (primary N) is 1. The Morgan fingerprint density at radius 2 is 2.20 bits per heavy atom. The Bertz CT molecular complexity index is 362. The second kappa shape index (κ2) is 4.72. The Labute approximate surface area is 89.2 Å². The van der Waals surface area contributed by atoms with Crippen molar-refractivity contribution >= 4 is 5.84 Å². The van der Waals surface area contributed by atoms with Crippen LogP contribution in [-0.2, 0) is 6.42 Å². The molecule has 0 radical (unpaired) electrons. The van der Waals surface area contributed by atoms with Crippen molar-refractivity contribution in [1.29, 1.82) is 5.41 Å². The number of aromatic nitrogens is 2. The summed E-state index contributed by atoms with van der Waals surface area (Å²) in [5, 5.41) is 7.32. The molecule has 1 heterocycles. The molecule has 0 aliphatic carbocycles. The maximum atomic E-state index is 7.32. The summed E-state index contributed by atoms with van der Waals surface area (Å²) in [6.45, 7) is 5.78. The van der Waals surface area contributed by atoms with Gasteiger partial charge < -0.3 is 10.5 Å². The lowest BCUT2D eigenvalue weighted by Crippen LogP contribution is -2.16. The summed E-state index contributed by atoms with van der Waals surface area (Å²) >= 11 is 0. The van der Waals surface area contributed by atoms with Crippen molar-refractivity contribution in [2.24, 2.45) is 5.73 Å². The summed E-state index contributed by atoms with van der Waals surface area (Å²) in [4.78, 5) is 8.31. The van der Waals surface area contributed by atoms with Gasteiger partial charge in [0.05, 0.1) is 6.10 Å². The van der Waals surface area contributed by atoms with Gasteiger partial charge in [0.25, 0.3) is 0 Å². The van der Waals surface area contributed by atoms with Crippen LogP contribution in [0.5, 0.6) is 5.88 Å². The number of nitrogens with zero attached hydrogens (tertiary/aromatic N) is 2. The van der Waals surface area contributed by atoms with Crippen LogP contribution in [0.25, 0.3) is 0 Å². The highest BCUT2D eigenvalue weighted by molar-refractivity contribution is 5.93. The first-order chi connectivity index (χ1) is 7.02. The number of nitrogen functional groups attached to an aromatic ring is 1. The fraction of sp³-hybridized carbons (Fsp3) is 0.500. The molecule has 1 aromatic rings. The highest BCUT2D eigenvalue weighted by atomic mass is 16.5. The first-order valence-electron chi connectivity index (χ1n) is 4.92. The first-order valence-corrected chi connectivity index (χ1v) is 4.92. The standard InChI is InChI=1S/C10H16N4O/c1-4-8-13-7(10(11)12)5-9(14-8)15-6(2)3/h5-6H,4H2,1-3H3,(H3,11,12). The summed E-state index contributed by atoms with van der Waals surface area (Å²) in [5.41, 5.74) is 5.79. The van der Waals surface area contributed by atoms with Gasteiger partial charge in [-0.2, -0.15) is 4.98 Å². The van der Waals surface area contributed by atoms with Crippen LogP contribution in [0.4, 0.5) is 0 Å². The van der Waals surface area contributed by atoms with Gasteiger partial charge in [0, 0.05) is 12.5 Å². The van der Waals surface area contributed by atoms with Crippen molar-refractivity contribution in [3.8, 4) is 5.88 Å². The van der Waals surface area contributed by atoms with Crippen LogP contribution in [-0.4, -0.2) is 21.9 Å². The zero-order chi connectivity index (χ0) is 11.4. The van der Waals surface area contributed by atoms with Crippen LogP contribution in [0.2, 0.25) is 0 Å². The van der Waals surface area contributed by atoms with E-state index >= 15 is 0 Å². The van der Waals surface area contributed by atoms with Gasteiger partial charge in [0.15, 0.2) is 0 Å². The van der Waals surface area contributed by atoms with E-state index in [9.17, 15) is 0 Å². The summed E-state index contributed by atoms with van der Waals surface area (Å²) in [7, 11) is 0. The van der Waals surface area contributed by atoms with Crippen molar-refractivity contribution in [1.82, 2.24) is 9.97 Å². The molecule has 0 aliphatic rings. The summed E-state index contributed by atoms with van der Waals surface area (Å²) in [6.07, 6.45) is 0.736. The molecule has 3 N–H and O–H groups in total. The average Bonchev–Trinajstić information content (AvgIpc) is 2.16. The van der Waals surface area contributed by atoms with E-state index in [0.29, 0.717) is 23.8 Å². The van der Waals surface area contributed by atoms with E-state index in [-0.39, 0.29) is 11.9 Å². The molecule has 1 aromatic heterocycles. The van der Waals surface area contributed by atoms with E-state index < -0.39 is 0 Å². The molecular weight excluding hydrogens is 192 g/mol. The largest absolute Gasteiger partial charge is 0.475 e. The smallest absolute Gasteiger partial charge is 0.217 e. The third-order valence-electron chi connectivity index (χ3n) is 1.70. The van der Waals surface area contributed by atoms with Gasteiger partial charge in [-0.3, -0.25) is 5.41 Å². The number of aryl methyl sites for hydroxylation is 1. The second-order valence-corrected chi connectivity index (χ2v) is 3.44. The quantitative estimate of drug-likeness (QED) is 0.573. The topological polar surface area (TPSA) is 84.9 Å². The average molecular weight is 208 g/mol. The molecule has 0 saturated heterocycles. The number of nitrogens with one attached hydrogen (secondary N) is 1. The van der Waals surface area contributed by atoms with Crippen LogP contribution < -0.4 is 10.5 Å². The molecule has 5 nitrogen and oxygen atoms in total. The second-order valence-electron chi connectivity index (χ2n) is 3.44. The van der Waals surface area contributed by atoms with Crippen LogP contribution in [0, 0.1) is 5.41 Å². The van der Waals surface area contributed by atoms with E-state index in [2.05, 4.69) is 9.97 Å². The summed E-state index contributed by atoms with van der Waals surface area (Å²) in [5.74, 6) is 1.04. The normalized spacial score (nSPS) is 10.4. The van der Waals surface area contributed by atoms with Crippen molar-refractivity contribution < 1.29 is 4.74 Å². The van der Waals surface area contributed by atoms with Gasteiger partial charge in [-0.25, -0.2) is 4.98 Å². The minimum Gasteiger partial charge on any atom is -0.475 e. The molecule has 0 bridgehead atoms. The zero-order valence-electron chi connectivity index (χ0n) is 9.24. The molecule has 0 fully saturated rings. The maximum Gasteiger partial charge on any atom is 0.217 e. The molecule has 0 aromatic carbocycles. The van der Waals surface area contributed by atoms with Gasteiger partial charge in [-0.15, -0.1) is 0 Å². The Balaban J connectivity index is 3.05. The Hall–Kier alpha value is -1.65. The number of rotatable bonds is 4. The lowest BCUT2D eigenvalue weighted by molar-refractivity contribution is 0.231. The highest BCUT2D eigenvalue weighted by Crippen LogP contribution is 2.11. The number of amidine groups is 1. The van der Waals surface area contributed by atoms with Crippen molar-refractivity contribution in [2.75, 3.05) is 0 Å². The maximum absolute atomic E-state index is 7.32. The predicted molar refractivity (Wildman–Crippen MR) is 58.2 cm³/mol. The van der Waals surface area contributed by atoms with Crippen LogP contribution in [0.1, 0.15) is 32.3 Å². The Kier molecular flexibility index (Phi) is 3.60. The third kappa shape index (κ3) is 3.19.